The highest BCUT2D eigenvalue weighted by atomic mass is 35.5. The molecule has 1 aromatic carbocycles. The van der Waals surface area contributed by atoms with Gasteiger partial charge in [0.25, 0.3) is 0 Å². The van der Waals surface area contributed by atoms with Gasteiger partial charge in [-0.05, 0) is 32.0 Å². The highest BCUT2D eigenvalue weighted by Gasteiger charge is 2.01. The third kappa shape index (κ3) is 3.07. The number of aldehydes is 1. The van der Waals surface area contributed by atoms with E-state index in [0.29, 0.717) is 16.3 Å². The van der Waals surface area contributed by atoms with Gasteiger partial charge < -0.3 is 4.74 Å². The van der Waals surface area contributed by atoms with Crippen molar-refractivity contribution in [3.05, 3.63) is 28.8 Å². The van der Waals surface area contributed by atoms with Crippen LogP contribution in [-0.4, -0.2) is 12.4 Å². The number of carbonyl (C=O) groups is 1. The van der Waals surface area contributed by atoms with Crippen LogP contribution in [-0.2, 0) is 0 Å². The molecule has 0 bridgehead atoms. The van der Waals surface area contributed by atoms with Crippen molar-refractivity contribution in [3.8, 4) is 5.75 Å². The third-order valence-electron chi connectivity index (χ3n) is 1.40. The number of halogens is 1. The molecule has 0 aliphatic rings. The first kappa shape index (κ1) is 10.1. The smallest absolute Gasteiger partial charge is 0.150 e. The van der Waals surface area contributed by atoms with Crippen molar-refractivity contribution in [2.24, 2.45) is 0 Å². The van der Waals surface area contributed by atoms with E-state index in [1.165, 1.54) is 0 Å². The Kier molecular flexibility index (Phi) is 3.32. The van der Waals surface area contributed by atoms with Crippen LogP contribution < -0.4 is 4.74 Å². The van der Waals surface area contributed by atoms with Gasteiger partial charge in [0.05, 0.1) is 6.10 Å². The molecule has 1 aromatic rings. The predicted molar refractivity (Wildman–Crippen MR) is 52.6 cm³/mol. The summed E-state index contributed by atoms with van der Waals surface area (Å²) in [5.74, 6) is 0.629. The maximum absolute atomic E-state index is 10.5. The number of ether oxygens (including phenoxy) is 1. The van der Waals surface area contributed by atoms with Crippen molar-refractivity contribution in [2.75, 3.05) is 0 Å². The van der Waals surface area contributed by atoms with Crippen molar-refractivity contribution >= 4 is 17.9 Å². The van der Waals surface area contributed by atoms with Crippen molar-refractivity contribution < 1.29 is 9.53 Å². The Labute approximate surface area is 82.5 Å². The van der Waals surface area contributed by atoms with Gasteiger partial charge in [-0.25, -0.2) is 0 Å². The second-order valence-corrected chi connectivity index (χ2v) is 3.44. The molecule has 13 heavy (non-hydrogen) atoms. The summed E-state index contributed by atoms with van der Waals surface area (Å²) < 4.78 is 5.39. The zero-order chi connectivity index (χ0) is 9.84. The zero-order valence-corrected chi connectivity index (χ0v) is 8.34. The van der Waals surface area contributed by atoms with Gasteiger partial charge in [0.2, 0.25) is 0 Å². The molecular weight excluding hydrogens is 188 g/mol. The van der Waals surface area contributed by atoms with Crippen LogP contribution in [0, 0.1) is 0 Å². The van der Waals surface area contributed by atoms with Crippen LogP contribution in [0.1, 0.15) is 24.2 Å². The first-order valence-corrected chi connectivity index (χ1v) is 4.42. The molecule has 0 atom stereocenters. The maximum Gasteiger partial charge on any atom is 0.150 e. The maximum atomic E-state index is 10.5. The summed E-state index contributed by atoms with van der Waals surface area (Å²) >= 11 is 5.77. The molecule has 0 spiro atoms. The molecule has 0 aliphatic carbocycles. The molecule has 0 amide bonds. The fourth-order valence-electron chi connectivity index (χ4n) is 0.993. The summed E-state index contributed by atoms with van der Waals surface area (Å²) in [4.78, 5) is 10.5. The van der Waals surface area contributed by atoms with E-state index in [-0.39, 0.29) is 6.10 Å². The Bertz CT molecular complexity index is 308. The van der Waals surface area contributed by atoms with Crippen molar-refractivity contribution in [3.63, 3.8) is 0 Å². The molecular formula is C10H11ClO2. The summed E-state index contributed by atoms with van der Waals surface area (Å²) in [7, 11) is 0. The van der Waals surface area contributed by atoms with Crippen LogP contribution in [0.15, 0.2) is 18.2 Å². The largest absolute Gasteiger partial charge is 0.491 e. The van der Waals surface area contributed by atoms with E-state index in [1.807, 2.05) is 13.8 Å². The monoisotopic (exact) mass is 198 g/mol. The lowest BCUT2D eigenvalue weighted by molar-refractivity contribution is 0.112. The first-order chi connectivity index (χ1) is 6.11. The quantitative estimate of drug-likeness (QED) is 0.698. The molecule has 2 nitrogen and oxygen atoms in total. The minimum Gasteiger partial charge on any atom is -0.491 e. The summed E-state index contributed by atoms with van der Waals surface area (Å²) in [6.45, 7) is 3.84. The lowest BCUT2D eigenvalue weighted by atomic mass is 10.2. The van der Waals surface area contributed by atoms with Gasteiger partial charge in [-0.2, -0.15) is 0 Å². The Morgan fingerprint density at radius 1 is 1.38 bits per heavy atom. The normalized spacial score (nSPS) is 10.2. The summed E-state index contributed by atoms with van der Waals surface area (Å²) in [6, 6.07) is 4.95. The number of hydrogen-bond acceptors (Lipinski definition) is 2. The first-order valence-electron chi connectivity index (χ1n) is 4.04. The van der Waals surface area contributed by atoms with E-state index in [1.54, 1.807) is 18.2 Å². The summed E-state index contributed by atoms with van der Waals surface area (Å²) in [5.41, 5.74) is 0.531. The molecule has 3 heteroatoms. The van der Waals surface area contributed by atoms with Crippen LogP contribution >= 0.6 is 11.6 Å². The van der Waals surface area contributed by atoms with Crippen LogP contribution in [0.5, 0.6) is 5.75 Å². The second kappa shape index (κ2) is 4.28. The van der Waals surface area contributed by atoms with E-state index in [2.05, 4.69) is 0 Å². The number of hydrogen-bond donors (Lipinski definition) is 0. The topological polar surface area (TPSA) is 26.3 Å². The SMILES string of the molecule is CC(C)Oc1cc(Cl)cc(C=O)c1. The molecule has 1 rings (SSSR count). The Balaban J connectivity index is 2.94. The van der Waals surface area contributed by atoms with Gasteiger partial charge in [-0.3, -0.25) is 4.79 Å². The molecule has 0 saturated heterocycles. The van der Waals surface area contributed by atoms with E-state index in [9.17, 15) is 4.79 Å². The fraction of sp³-hybridized carbons (Fsp3) is 0.300. The van der Waals surface area contributed by atoms with E-state index in [0.717, 1.165) is 6.29 Å². The molecule has 0 aromatic heterocycles. The predicted octanol–water partition coefficient (Wildman–Crippen LogP) is 2.94. The summed E-state index contributed by atoms with van der Waals surface area (Å²) in [5, 5.41) is 0.514. The highest BCUT2D eigenvalue weighted by Crippen LogP contribution is 2.20. The molecule has 70 valence electrons. The van der Waals surface area contributed by atoms with Gasteiger partial charge in [-0.15, -0.1) is 0 Å². The van der Waals surface area contributed by atoms with Gasteiger partial charge in [0.15, 0.2) is 0 Å². The molecule has 0 unspecified atom stereocenters. The van der Waals surface area contributed by atoms with Crippen molar-refractivity contribution in [2.45, 2.75) is 20.0 Å². The van der Waals surface area contributed by atoms with E-state index in [4.69, 9.17) is 16.3 Å². The van der Waals surface area contributed by atoms with Crippen LogP contribution in [0.4, 0.5) is 0 Å². The Morgan fingerprint density at radius 2 is 2.08 bits per heavy atom. The molecule has 0 aliphatic heterocycles. The van der Waals surface area contributed by atoms with Gasteiger partial charge in [-0.1, -0.05) is 11.6 Å². The Hall–Kier alpha value is -1.02. The highest BCUT2D eigenvalue weighted by molar-refractivity contribution is 6.31. The van der Waals surface area contributed by atoms with Crippen LogP contribution in [0.25, 0.3) is 0 Å². The van der Waals surface area contributed by atoms with Crippen LogP contribution in [0.3, 0.4) is 0 Å². The minimum atomic E-state index is 0.0815. The fourth-order valence-corrected chi connectivity index (χ4v) is 1.23. The average molecular weight is 199 g/mol. The average Bonchev–Trinajstić information content (AvgIpc) is 2.01. The standard InChI is InChI=1S/C10H11ClO2/c1-7(2)13-10-4-8(6-12)3-9(11)5-10/h3-7H,1-2H3. The van der Waals surface area contributed by atoms with Crippen molar-refractivity contribution in [1.29, 1.82) is 0 Å². The molecule has 0 saturated carbocycles. The van der Waals surface area contributed by atoms with E-state index >= 15 is 0 Å². The van der Waals surface area contributed by atoms with Crippen LogP contribution in [0.2, 0.25) is 5.02 Å². The molecule has 0 heterocycles. The van der Waals surface area contributed by atoms with Gasteiger partial charge in [0, 0.05) is 10.6 Å². The van der Waals surface area contributed by atoms with Gasteiger partial charge >= 0.3 is 0 Å². The van der Waals surface area contributed by atoms with Gasteiger partial charge in [0.1, 0.15) is 12.0 Å². The lowest BCUT2D eigenvalue weighted by Crippen LogP contribution is -2.05. The minimum absolute atomic E-state index is 0.0815. The molecule has 0 radical (unpaired) electrons. The Morgan fingerprint density at radius 3 is 2.62 bits per heavy atom. The summed E-state index contributed by atoms with van der Waals surface area (Å²) in [6.07, 6.45) is 0.831. The number of rotatable bonds is 3. The third-order valence-corrected chi connectivity index (χ3v) is 1.62. The molecule has 0 fully saturated rings. The lowest BCUT2D eigenvalue weighted by Gasteiger charge is -2.09. The van der Waals surface area contributed by atoms with E-state index < -0.39 is 0 Å². The zero-order valence-electron chi connectivity index (χ0n) is 7.58. The number of benzene rings is 1. The molecule has 0 N–H and O–H groups in total. The van der Waals surface area contributed by atoms with Crippen molar-refractivity contribution in [1.82, 2.24) is 0 Å². The second-order valence-electron chi connectivity index (χ2n) is 3.00. The number of carbonyl (C=O) groups excluding carboxylic acids is 1.